The van der Waals surface area contributed by atoms with Crippen LogP contribution < -0.4 is 10.1 Å². The maximum absolute atomic E-state index is 12.4. The molecule has 0 aliphatic rings. The molecule has 0 unspecified atom stereocenters. The third-order valence-electron chi connectivity index (χ3n) is 3.96. The summed E-state index contributed by atoms with van der Waals surface area (Å²) in [7, 11) is 0. The zero-order chi connectivity index (χ0) is 20.6. The van der Waals surface area contributed by atoms with Crippen molar-refractivity contribution >= 4 is 51.9 Å². The number of ether oxygens (including phenoxy) is 1. The SMILES string of the molecule is N#C/C(=C\c1ccc(OCc2ccc(Cl)cc2)cc1)C(=O)Nc1cccc(I)c1. The van der Waals surface area contributed by atoms with Crippen LogP contribution in [0.4, 0.5) is 5.69 Å². The van der Waals surface area contributed by atoms with Gasteiger partial charge in [0, 0.05) is 14.3 Å². The summed E-state index contributed by atoms with van der Waals surface area (Å²) in [6.07, 6.45) is 1.55. The van der Waals surface area contributed by atoms with Gasteiger partial charge in [-0.2, -0.15) is 5.26 Å². The second-order valence-corrected chi connectivity index (χ2v) is 7.80. The highest BCUT2D eigenvalue weighted by Gasteiger charge is 2.10. The van der Waals surface area contributed by atoms with E-state index in [2.05, 4.69) is 27.9 Å². The lowest BCUT2D eigenvalue weighted by atomic mass is 10.1. The van der Waals surface area contributed by atoms with E-state index in [0.717, 1.165) is 14.7 Å². The fourth-order valence-corrected chi connectivity index (χ4v) is 3.16. The van der Waals surface area contributed by atoms with E-state index in [4.69, 9.17) is 16.3 Å². The number of amides is 1. The van der Waals surface area contributed by atoms with Crippen molar-refractivity contribution in [2.75, 3.05) is 5.32 Å². The maximum atomic E-state index is 12.4. The highest BCUT2D eigenvalue weighted by atomic mass is 127. The van der Waals surface area contributed by atoms with Crippen molar-refractivity contribution in [3.63, 3.8) is 0 Å². The highest BCUT2D eigenvalue weighted by molar-refractivity contribution is 14.1. The van der Waals surface area contributed by atoms with Crippen LogP contribution in [0.1, 0.15) is 11.1 Å². The molecule has 0 radical (unpaired) electrons. The Morgan fingerprint density at radius 1 is 1.10 bits per heavy atom. The summed E-state index contributed by atoms with van der Waals surface area (Å²) in [5.74, 6) is 0.247. The first-order valence-electron chi connectivity index (χ1n) is 8.69. The molecule has 3 aromatic rings. The lowest BCUT2D eigenvalue weighted by Gasteiger charge is -2.07. The zero-order valence-electron chi connectivity index (χ0n) is 15.2. The molecule has 6 heteroatoms. The van der Waals surface area contributed by atoms with Gasteiger partial charge < -0.3 is 10.1 Å². The Labute approximate surface area is 187 Å². The molecule has 0 atom stereocenters. The van der Waals surface area contributed by atoms with E-state index >= 15 is 0 Å². The first-order valence-corrected chi connectivity index (χ1v) is 10.2. The van der Waals surface area contributed by atoms with E-state index in [0.29, 0.717) is 23.1 Å². The van der Waals surface area contributed by atoms with Crippen molar-refractivity contribution in [1.29, 1.82) is 5.26 Å². The average molecular weight is 515 g/mol. The number of nitrogens with one attached hydrogen (secondary N) is 1. The Kier molecular flexibility index (Phi) is 7.28. The van der Waals surface area contributed by atoms with Gasteiger partial charge in [-0.1, -0.05) is 41.9 Å². The molecule has 0 fully saturated rings. The summed E-state index contributed by atoms with van der Waals surface area (Å²) in [6.45, 7) is 0.425. The summed E-state index contributed by atoms with van der Waals surface area (Å²) in [4.78, 5) is 12.4. The quantitative estimate of drug-likeness (QED) is 0.247. The summed E-state index contributed by atoms with van der Waals surface area (Å²) >= 11 is 8.04. The zero-order valence-corrected chi connectivity index (χ0v) is 18.1. The predicted octanol–water partition coefficient (Wildman–Crippen LogP) is 6.07. The number of benzene rings is 3. The molecule has 144 valence electrons. The van der Waals surface area contributed by atoms with Gasteiger partial charge in [0.2, 0.25) is 0 Å². The molecular formula is C23H16ClIN2O2. The molecule has 3 aromatic carbocycles. The minimum Gasteiger partial charge on any atom is -0.489 e. The van der Waals surface area contributed by atoms with Crippen LogP contribution in [0, 0.1) is 14.9 Å². The Morgan fingerprint density at radius 2 is 1.83 bits per heavy atom. The Bertz CT molecular complexity index is 1070. The molecule has 3 rings (SSSR count). The van der Waals surface area contributed by atoms with E-state index in [9.17, 15) is 10.1 Å². The minimum absolute atomic E-state index is 0.0266. The number of halogens is 2. The van der Waals surface area contributed by atoms with Gasteiger partial charge in [0.25, 0.3) is 5.91 Å². The lowest BCUT2D eigenvalue weighted by Crippen LogP contribution is -2.13. The molecule has 0 saturated carbocycles. The fraction of sp³-hybridized carbons (Fsp3) is 0.0435. The van der Waals surface area contributed by atoms with Crippen LogP contribution in [-0.2, 0) is 11.4 Å². The summed E-state index contributed by atoms with van der Waals surface area (Å²) in [5, 5.41) is 12.8. The molecule has 1 amide bonds. The van der Waals surface area contributed by atoms with E-state index in [1.165, 1.54) is 0 Å². The fourth-order valence-electron chi connectivity index (χ4n) is 2.49. The van der Waals surface area contributed by atoms with Crippen molar-refractivity contribution in [3.8, 4) is 11.8 Å². The Balaban J connectivity index is 1.64. The maximum Gasteiger partial charge on any atom is 0.266 e. The van der Waals surface area contributed by atoms with E-state index < -0.39 is 5.91 Å². The van der Waals surface area contributed by atoms with E-state index in [1.807, 2.05) is 48.5 Å². The first-order chi connectivity index (χ1) is 14.0. The van der Waals surface area contributed by atoms with Gasteiger partial charge in [-0.15, -0.1) is 0 Å². The predicted molar refractivity (Wildman–Crippen MR) is 124 cm³/mol. The first kappa shape index (κ1) is 20.9. The van der Waals surface area contributed by atoms with Crippen molar-refractivity contribution < 1.29 is 9.53 Å². The largest absolute Gasteiger partial charge is 0.489 e. The van der Waals surface area contributed by atoms with E-state index in [1.54, 1.807) is 36.4 Å². The van der Waals surface area contributed by atoms with E-state index in [-0.39, 0.29) is 5.57 Å². The number of anilines is 1. The number of rotatable bonds is 6. The van der Waals surface area contributed by atoms with Crippen LogP contribution in [0.2, 0.25) is 5.02 Å². The van der Waals surface area contributed by atoms with Crippen LogP contribution in [0.25, 0.3) is 6.08 Å². The molecule has 0 saturated heterocycles. The number of hydrogen-bond acceptors (Lipinski definition) is 3. The van der Waals surface area contributed by atoms with Gasteiger partial charge in [0.05, 0.1) is 0 Å². The van der Waals surface area contributed by atoms with Crippen LogP contribution >= 0.6 is 34.2 Å². The molecule has 0 aromatic heterocycles. The molecule has 0 aliphatic heterocycles. The van der Waals surface area contributed by atoms with Gasteiger partial charge in [-0.3, -0.25) is 4.79 Å². The third-order valence-corrected chi connectivity index (χ3v) is 4.88. The Morgan fingerprint density at radius 3 is 2.48 bits per heavy atom. The van der Waals surface area contributed by atoms with Gasteiger partial charge >= 0.3 is 0 Å². The van der Waals surface area contributed by atoms with Crippen molar-refractivity contribution in [2.24, 2.45) is 0 Å². The number of hydrogen-bond donors (Lipinski definition) is 1. The number of nitriles is 1. The molecule has 0 spiro atoms. The topological polar surface area (TPSA) is 62.1 Å². The van der Waals surface area contributed by atoms with Crippen LogP contribution in [0.15, 0.2) is 78.4 Å². The average Bonchev–Trinajstić information content (AvgIpc) is 2.72. The molecule has 1 N–H and O–H groups in total. The summed E-state index contributed by atoms with van der Waals surface area (Å²) in [5.41, 5.74) is 2.42. The molecule has 29 heavy (non-hydrogen) atoms. The van der Waals surface area contributed by atoms with Gasteiger partial charge in [0.1, 0.15) is 24.0 Å². The van der Waals surface area contributed by atoms with Crippen molar-refractivity contribution in [3.05, 3.63) is 98.1 Å². The van der Waals surface area contributed by atoms with Crippen LogP contribution in [0.5, 0.6) is 5.75 Å². The standard InChI is InChI=1S/C23H16ClIN2O2/c24-19-8-4-17(5-9-19)15-29-22-10-6-16(7-11-22)12-18(14-26)23(28)27-21-3-1-2-20(25)13-21/h1-13H,15H2,(H,27,28)/b18-12+. The van der Waals surface area contributed by atoms with Crippen LogP contribution in [-0.4, -0.2) is 5.91 Å². The lowest BCUT2D eigenvalue weighted by molar-refractivity contribution is -0.112. The molecule has 4 nitrogen and oxygen atoms in total. The second-order valence-electron chi connectivity index (χ2n) is 6.12. The molecule has 0 aliphatic carbocycles. The number of carbonyl (C=O) groups is 1. The smallest absolute Gasteiger partial charge is 0.266 e. The monoisotopic (exact) mass is 514 g/mol. The molecule has 0 bridgehead atoms. The normalized spacial score (nSPS) is 10.9. The third kappa shape index (κ3) is 6.34. The Hall–Kier alpha value is -2.82. The number of carbonyl (C=O) groups excluding carboxylic acids is 1. The number of nitrogens with zero attached hydrogens (tertiary/aromatic N) is 1. The van der Waals surface area contributed by atoms with Crippen molar-refractivity contribution in [2.45, 2.75) is 6.61 Å². The van der Waals surface area contributed by atoms with Gasteiger partial charge in [0.15, 0.2) is 0 Å². The molecule has 0 heterocycles. The van der Waals surface area contributed by atoms with Crippen molar-refractivity contribution in [1.82, 2.24) is 0 Å². The van der Waals surface area contributed by atoms with Gasteiger partial charge in [-0.05, 0) is 82.3 Å². The van der Waals surface area contributed by atoms with Crippen LogP contribution in [0.3, 0.4) is 0 Å². The van der Waals surface area contributed by atoms with Gasteiger partial charge in [-0.25, -0.2) is 0 Å². The summed E-state index contributed by atoms with van der Waals surface area (Å²) < 4.78 is 6.74. The summed E-state index contributed by atoms with van der Waals surface area (Å²) in [6, 6.07) is 24.0. The second kappa shape index (κ2) is 10.1. The highest BCUT2D eigenvalue weighted by Crippen LogP contribution is 2.18. The minimum atomic E-state index is -0.447. The molecular weight excluding hydrogens is 499 g/mol.